The number of ether oxygens (including phenoxy) is 1. The van der Waals surface area contributed by atoms with Gasteiger partial charge in [0.05, 0.1) is 23.6 Å². The van der Waals surface area contributed by atoms with Crippen molar-refractivity contribution in [1.29, 1.82) is 0 Å². The van der Waals surface area contributed by atoms with Crippen LogP contribution in [0.3, 0.4) is 0 Å². The molecule has 0 radical (unpaired) electrons. The molecule has 1 fully saturated rings. The standard InChI is InChI=1S/C18H22N2O4S2/c1-13-11-20(12-14(2)24-13)26(22,23)17-7-3-5-15(9-17)18(21)19-10-16-6-4-8-25-16/h3-9,13-14H,10-12H2,1-2H3,(H,19,21)/t13-,14-/m0/s1. The second kappa shape index (κ2) is 7.87. The minimum absolute atomic E-state index is 0.127. The molecule has 6 nitrogen and oxygen atoms in total. The Labute approximate surface area is 157 Å². The second-order valence-electron chi connectivity index (χ2n) is 6.37. The van der Waals surface area contributed by atoms with E-state index in [1.165, 1.54) is 16.4 Å². The maximum atomic E-state index is 12.9. The third-order valence-electron chi connectivity index (χ3n) is 4.12. The van der Waals surface area contributed by atoms with E-state index in [-0.39, 0.29) is 23.0 Å². The first-order valence-electron chi connectivity index (χ1n) is 8.42. The Morgan fingerprint density at radius 3 is 2.62 bits per heavy atom. The number of thiophene rings is 1. The monoisotopic (exact) mass is 394 g/mol. The van der Waals surface area contributed by atoms with Crippen LogP contribution in [0.15, 0.2) is 46.7 Å². The summed E-state index contributed by atoms with van der Waals surface area (Å²) in [6.45, 7) is 4.74. The van der Waals surface area contributed by atoms with Gasteiger partial charge < -0.3 is 10.1 Å². The summed E-state index contributed by atoms with van der Waals surface area (Å²) in [6, 6.07) is 10.0. The topological polar surface area (TPSA) is 75.7 Å². The van der Waals surface area contributed by atoms with Crippen molar-refractivity contribution in [2.45, 2.75) is 37.5 Å². The van der Waals surface area contributed by atoms with Crippen LogP contribution in [0.5, 0.6) is 0 Å². The van der Waals surface area contributed by atoms with Crippen molar-refractivity contribution in [1.82, 2.24) is 9.62 Å². The molecule has 8 heteroatoms. The minimum Gasteiger partial charge on any atom is -0.373 e. The zero-order valence-electron chi connectivity index (χ0n) is 14.7. The highest BCUT2D eigenvalue weighted by Crippen LogP contribution is 2.22. The first kappa shape index (κ1) is 19.0. The Morgan fingerprint density at radius 1 is 1.23 bits per heavy atom. The summed E-state index contributed by atoms with van der Waals surface area (Å²) < 4.78 is 32.9. The molecule has 2 atom stereocenters. The van der Waals surface area contributed by atoms with Gasteiger partial charge in [-0.3, -0.25) is 4.79 Å². The summed E-state index contributed by atoms with van der Waals surface area (Å²) in [6.07, 6.45) is -0.323. The lowest BCUT2D eigenvalue weighted by Crippen LogP contribution is -2.48. The zero-order chi connectivity index (χ0) is 18.7. The summed E-state index contributed by atoms with van der Waals surface area (Å²) in [7, 11) is -3.67. The van der Waals surface area contributed by atoms with Gasteiger partial charge in [-0.1, -0.05) is 12.1 Å². The fraction of sp³-hybridized carbons (Fsp3) is 0.389. The largest absolute Gasteiger partial charge is 0.373 e. The number of hydrogen-bond donors (Lipinski definition) is 1. The van der Waals surface area contributed by atoms with Crippen LogP contribution in [-0.2, 0) is 21.3 Å². The molecule has 0 aliphatic carbocycles. The number of carbonyl (C=O) groups excluding carboxylic acids is 1. The number of carbonyl (C=O) groups is 1. The molecule has 2 aromatic rings. The normalized spacial score (nSPS) is 21.5. The van der Waals surface area contributed by atoms with Crippen molar-refractivity contribution in [2.24, 2.45) is 0 Å². The number of rotatable bonds is 5. The molecule has 0 spiro atoms. The molecule has 1 saturated heterocycles. The molecule has 2 heterocycles. The highest BCUT2D eigenvalue weighted by Gasteiger charge is 2.32. The number of hydrogen-bond acceptors (Lipinski definition) is 5. The van der Waals surface area contributed by atoms with Crippen LogP contribution in [0.2, 0.25) is 0 Å². The van der Waals surface area contributed by atoms with Gasteiger partial charge in [0.2, 0.25) is 10.0 Å². The SMILES string of the molecule is C[C@H]1CN(S(=O)(=O)c2cccc(C(=O)NCc3cccs3)c2)C[C@H](C)O1. The summed E-state index contributed by atoms with van der Waals surface area (Å²) >= 11 is 1.56. The summed E-state index contributed by atoms with van der Waals surface area (Å²) in [5, 5.41) is 4.76. The van der Waals surface area contributed by atoms with Crippen LogP contribution >= 0.6 is 11.3 Å². The van der Waals surface area contributed by atoms with E-state index in [0.29, 0.717) is 25.2 Å². The highest BCUT2D eigenvalue weighted by atomic mass is 32.2. The van der Waals surface area contributed by atoms with Crippen molar-refractivity contribution in [3.05, 3.63) is 52.2 Å². The fourth-order valence-corrected chi connectivity index (χ4v) is 5.24. The molecule has 0 unspecified atom stereocenters. The number of amides is 1. The van der Waals surface area contributed by atoms with Crippen LogP contribution in [0.1, 0.15) is 29.1 Å². The third kappa shape index (κ3) is 4.32. The van der Waals surface area contributed by atoms with Gasteiger partial charge in [-0.05, 0) is 43.5 Å². The Kier molecular flexibility index (Phi) is 5.76. The van der Waals surface area contributed by atoms with Crippen LogP contribution in [0.4, 0.5) is 0 Å². The van der Waals surface area contributed by atoms with Gasteiger partial charge in [-0.15, -0.1) is 11.3 Å². The molecule has 1 aromatic heterocycles. The van der Waals surface area contributed by atoms with Crippen LogP contribution in [-0.4, -0.2) is 43.9 Å². The zero-order valence-corrected chi connectivity index (χ0v) is 16.3. The van der Waals surface area contributed by atoms with Gasteiger partial charge in [0.25, 0.3) is 5.91 Å². The summed E-state index contributed by atoms with van der Waals surface area (Å²) in [5.41, 5.74) is 0.331. The molecule has 3 rings (SSSR count). The molecule has 26 heavy (non-hydrogen) atoms. The Balaban J connectivity index is 1.76. The first-order valence-corrected chi connectivity index (χ1v) is 10.7. The minimum atomic E-state index is -3.67. The van der Waals surface area contributed by atoms with E-state index in [4.69, 9.17) is 4.74 Å². The highest BCUT2D eigenvalue weighted by molar-refractivity contribution is 7.89. The van der Waals surface area contributed by atoms with Crippen LogP contribution in [0, 0.1) is 0 Å². The van der Waals surface area contributed by atoms with Crippen molar-refractivity contribution in [2.75, 3.05) is 13.1 Å². The van der Waals surface area contributed by atoms with Gasteiger partial charge in [0.1, 0.15) is 0 Å². The van der Waals surface area contributed by atoms with Crippen molar-refractivity contribution < 1.29 is 17.9 Å². The number of morpholine rings is 1. The van der Waals surface area contributed by atoms with Gasteiger partial charge in [0.15, 0.2) is 0 Å². The first-order chi connectivity index (χ1) is 12.4. The smallest absolute Gasteiger partial charge is 0.251 e. The lowest BCUT2D eigenvalue weighted by Gasteiger charge is -2.34. The molecule has 1 N–H and O–H groups in total. The Hall–Kier alpha value is -1.74. The number of nitrogens with zero attached hydrogens (tertiary/aromatic N) is 1. The molecule has 0 bridgehead atoms. The van der Waals surface area contributed by atoms with Gasteiger partial charge in [-0.2, -0.15) is 4.31 Å². The van der Waals surface area contributed by atoms with Gasteiger partial charge >= 0.3 is 0 Å². The van der Waals surface area contributed by atoms with Crippen molar-refractivity contribution in [3.8, 4) is 0 Å². The van der Waals surface area contributed by atoms with E-state index in [2.05, 4.69) is 5.32 Å². The predicted octanol–water partition coefficient (Wildman–Crippen LogP) is 2.48. The number of benzene rings is 1. The third-order valence-corrected chi connectivity index (χ3v) is 6.83. The van der Waals surface area contributed by atoms with Crippen LogP contribution < -0.4 is 5.32 Å². The second-order valence-corrected chi connectivity index (χ2v) is 9.34. The molecule has 1 aliphatic heterocycles. The van der Waals surface area contributed by atoms with Crippen LogP contribution in [0.25, 0.3) is 0 Å². The molecule has 0 saturated carbocycles. The fourth-order valence-electron chi connectivity index (χ4n) is 2.96. The van der Waals surface area contributed by atoms with Crippen molar-refractivity contribution in [3.63, 3.8) is 0 Å². The number of sulfonamides is 1. The van der Waals surface area contributed by atoms with E-state index in [9.17, 15) is 13.2 Å². The lowest BCUT2D eigenvalue weighted by atomic mass is 10.2. The van der Waals surface area contributed by atoms with E-state index in [0.717, 1.165) is 4.88 Å². The van der Waals surface area contributed by atoms with Crippen molar-refractivity contribution >= 4 is 27.3 Å². The molecular weight excluding hydrogens is 372 g/mol. The molecule has 1 aromatic carbocycles. The van der Waals surface area contributed by atoms with E-state index >= 15 is 0 Å². The maximum absolute atomic E-state index is 12.9. The molecule has 1 amide bonds. The van der Waals surface area contributed by atoms with Gasteiger partial charge in [0, 0.05) is 23.5 Å². The summed E-state index contributed by atoms with van der Waals surface area (Å²) in [4.78, 5) is 13.5. The predicted molar refractivity (Wildman–Crippen MR) is 101 cm³/mol. The molecule has 1 aliphatic rings. The van der Waals surface area contributed by atoms with Gasteiger partial charge in [-0.25, -0.2) is 8.42 Å². The maximum Gasteiger partial charge on any atom is 0.251 e. The van der Waals surface area contributed by atoms with E-state index < -0.39 is 10.0 Å². The average Bonchev–Trinajstić information content (AvgIpc) is 3.12. The Morgan fingerprint density at radius 2 is 1.96 bits per heavy atom. The van der Waals surface area contributed by atoms with E-state index in [1.54, 1.807) is 23.5 Å². The summed E-state index contributed by atoms with van der Waals surface area (Å²) in [5.74, 6) is -0.292. The van der Waals surface area contributed by atoms with E-state index in [1.807, 2.05) is 31.4 Å². The number of nitrogens with one attached hydrogen (secondary N) is 1. The lowest BCUT2D eigenvalue weighted by molar-refractivity contribution is -0.0440. The quantitative estimate of drug-likeness (QED) is 0.845. The average molecular weight is 395 g/mol. The molecule has 140 valence electrons. The molecular formula is C18H22N2O4S2. The Bertz CT molecular complexity index is 855.